The van der Waals surface area contributed by atoms with Crippen LogP contribution >= 0.6 is 11.6 Å². The summed E-state index contributed by atoms with van der Waals surface area (Å²) in [5, 5.41) is 0.170. The fourth-order valence-electron chi connectivity index (χ4n) is 2.55. The van der Waals surface area contributed by atoms with Crippen molar-refractivity contribution < 1.29 is 12.8 Å². The van der Waals surface area contributed by atoms with E-state index in [1.165, 1.54) is 12.1 Å². The first-order chi connectivity index (χ1) is 12.5. The number of nitrogens with one attached hydrogen (secondary N) is 1. The highest BCUT2D eigenvalue weighted by Gasteiger charge is 2.17. The van der Waals surface area contributed by atoms with E-state index < -0.39 is 10.0 Å². The maximum atomic E-state index is 12.5. The quantitative estimate of drug-likeness (QED) is 0.540. The van der Waals surface area contributed by atoms with Gasteiger partial charge in [-0.3, -0.25) is 4.72 Å². The zero-order valence-electron chi connectivity index (χ0n) is 13.4. The van der Waals surface area contributed by atoms with Crippen LogP contribution in [0.5, 0.6) is 0 Å². The van der Waals surface area contributed by atoms with Gasteiger partial charge in [0.1, 0.15) is 10.4 Å². The molecule has 4 aromatic rings. The smallest absolute Gasteiger partial charge is 0.263 e. The van der Waals surface area contributed by atoms with Crippen molar-refractivity contribution in [3.63, 3.8) is 0 Å². The molecule has 1 aromatic heterocycles. The molecule has 0 amide bonds. The summed E-state index contributed by atoms with van der Waals surface area (Å²) in [6.07, 6.45) is 0. The first kappa shape index (κ1) is 16.6. The molecule has 5 nitrogen and oxygen atoms in total. The van der Waals surface area contributed by atoms with E-state index in [4.69, 9.17) is 16.0 Å². The molecule has 0 bridgehead atoms. The van der Waals surface area contributed by atoms with Crippen LogP contribution in [0.15, 0.2) is 82.1 Å². The van der Waals surface area contributed by atoms with E-state index in [9.17, 15) is 8.42 Å². The fourth-order valence-corrected chi connectivity index (χ4v) is 4.13. The predicted octanol–water partition coefficient (Wildman–Crippen LogP) is 4.95. The van der Waals surface area contributed by atoms with Crippen molar-refractivity contribution >= 4 is 38.4 Å². The summed E-state index contributed by atoms with van der Waals surface area (Å²) in [5.74, 6) is 0.478. The summed E-state index contributed by atoms with van der Waals surface area (Å²) in [4.78, 5) is 4.46. The Kier molecular flexibility index (Phi) is 4.14. The summed E-state index contributed by atoms with van der Waals surface area (Å²) in [5.41, 5.74) is 2.64. The highest BCUT2D eigenvalue weighted by Crippen LogP contribution is 2.27. The molecular weight excluding hydrogens is 372 g/mol. The SMILES string of the molecule is O=S(=O)(Nc1ccc(-c2nc3ccccc3o2)cc1)c1ccccc1Cl. The van der Waals surface area contributed by atoms with Crippen molar-refractivity contribution in [3.05, 3.63) is 77.8 Å². The third kappa shape index (κ3) is 3.16. The second kappa shape index (κ2) is 6.48. The Labute approximate surface area is 155 Å². The second-order valence-electron chi connectivity index (χ2n) is 5.60. The highest BCUT2D eigenvalue weighted by atomic mass is 35.5. The molecule has 0 atom stereocenters. The van der Waals surface area contributed by atoms with Gasteiger partial charge in [0.05, 0.1) is 5.02 Å². The Bertz CT molecular complexity index is 1150. The van der Waals surface area contributed by atoms with Gasteiger partial charge in [-0.05, 0) is 48.5 Å². The van der Waals surface area contributed by atoms with Crippen LogP contribution < -0.4 is 4.72 Å². The van der Waals surface area contributed by atoms with Gasteiger partial charge in [-0.1, -0.05) is 35.9 Å². The van der Waals surface area contributed by atoms with Crippen LogP contribution in [-0.2, 0) is 10.0 Å². The molecule has 0 spiro atoms. The number of halogens is 1. The lowest BCUT2D eigenvalue weighted by Crippen LogP contribution is -2.13. The first-order valence-electron chi connectivity index (χ1n) is 7.76. The minimum absolute atomic E-state index is 0.0321. The number of benzene rings is 3. The van der Waals surface area contributed by atoms with Crippen LogP contribution in [0.4, 0.5) is 5.69 Å². The lowest BCUT2D eigenvalue weighted by Gasteiger charge is -2.09. The maximum Gasteiger partial charge on any atom is 0.263 e. The molecule has 7 heteroatoms. The van der Waals surface area contributed by atoms with Crippen LogP contribution in [0.2, 0.25) is 5.02 Å². The van der Waals surface area contributed by atoms with Crippen molar-refractivity contribution in [3.8, 4) is 11.5 Å². The van der Waals surface area contributed by atoms with Gasteiger partial charge in [-0.2, -0.15) is 0 Å². The zero-order chi connectivity index (χ0) is 18.1. The molecule has 130 valence electrons. The van der Waals surface area contributed by atoms with E-state index >= 15 is 0 Å². The summed E-state index contributed by atoms with van der Waals surface area (Å²) < 4.78 is 33.2. The molecule has 0 saturated carbocycles. The van der Waals surface area contributed by atoms with Gasteiger partial charge in [0, 0.05) is 11.3 Å². The number of hydrogen-bond donors (Lipinski definition) is 1. The Hall–Kier alpha value is -2.83. The third-order valence-corrected chi connectivity index (χ3v) is 5.69. The number of sulfonamides is 1. The van der Waals surface area contributed by atoms with Crippen molar-refractivity contribution in [1.82, 2.24) is 4.98 Å². The molecule has 0 aliphatic rings. The highest BCUT2D eigenvalue weighted by molar-refractivity contribution is 7.92. The Morgan fingerprint density at radius 1 is 0.885 bits per heavy atom. The van der Waals surface area contributed by atoms with E-state index in [1.54, 1.807) is 36.4 Å². The topological polar surface area (TPSA) is 72.2 Å². The van der Waals surface area contributed by atoms with Gasteiger partial charge in [0.15, 0.2) is 5.58 Å². The minimum Gasteiger partial charge on any atom is -0.436 e. The Morgan fingerprint density at radius 2 is 1.58 bits per heavy atom. The molecule has 0 saturated heterocycles. The fraction of sp³-hybridized carbons (Fsp3) is 0. The number of rotatable bonds is 4. The van der Waals surface area contributed by atoms with Gasteiger partial charge in [-0.25, -0.2) is 13.4 Å². The number of hydrogen-bond acceptors (Lipinski definition) is 4. The monoisotopic (exact) mass is 384 g/mol. The molecular formula is C19H13ClN2O3S. The van der Waals surface area contributed by atoms with Gasteiger partial charge < -0.3 is 4.42 Å². The lowest BCUT2D eigenvalue weighted by atomic mass is 10.2. The van der Waals surface area contributed by atoms with E-state index in [1.807, 2.05) is 24.3 Å². The molecule has 1 N–H and O–H groups in total. The first-order valence-corrected chi connectivity index (χ1v) is 9.62. The number of aromatic nitrogens is 1. The van der Waals surface area contributed by atoms with Crippen LogP contribution in [0.1, 0.15) is 0 Å². The number of para-hydroxylation sites is 2. The summed E-state index contributed by atoms with van der Waals surface area (Å²) in [6, 6.07) is 20.6. The van der Waals surface area contributed by atoms with Gasteiger partial charge in [-0.15, -0.1) is 0 Å². The number of nitrogens with zero attached hydrogens (tertiary/aromatic N) is 1. The van der Waals surface area contributed by atoms with Crippen molar-refractivity contribution in [2.75, 3.05) is 4.72 Å². The van der Waals surface area contributed by atoms with E-state index in [-0.39, 0.29) is 9.92 Å². The minimum atomic E-state index is -3.76. The Morgan fingerprint density at radius 3 is 2.31 bits per heavy atom. The van der Waals surface area contributed by atoms with Gasteiger partial charge in [0.25, 0.3) is 10.0 Å². The van der Waals surface area contributed by atoms with Crippen LogP contribution in [0.25, 0.3) is 22.6 Å². The molecule has 26 heavy (non-hydrogen) atoms. The molecule has 4 rings (SSSR count). The molecule has 0 fully saturated rings. The van der Waals surface area contributed by atoms with Crippen molar-refractivity contribution in [2.24, 2.45) is 0 Å². The van der Waals surface area contributed by atoms with E-state index in [0.717, 1.165) is 11.1 Å². The molecule has 0 radical (unpaired) electrons. The molecule has 0 aliphatic heterocycles. The van der Waals surface area contributed by atoms with Crippen LogP contribution in [0, 0.1) is 0 Å². The maximum absolute atomic E-state index is 12.5. The van der Waals surface area contributed by atoms with Crippen molar-refractivity contribution in [2.45, 2.75) is 4.90 Å². The molecule has 0 aliphatic carbocycles. The van der Waals surface area contributed by atoms with E-state index in [2.05, 4.69) is 9.71 Å². The average Bonchev–Trinajstić information content (AvgIpc) is 3.06. The largest absolute Gasteiger partial charge is 0.436 e. The second-order valence-corrected chi connectivity index (χ2v) is 7.66. The summed E-state index contributed by atoms with van der Waals surface area (Å²) in [6.45, 7) is 0. The Balaban J connectivity index is 1.61. The van der Waals surface area contributed by atoms with Crippen LogP contribution in [0.3, 0.4) is 0 Å². The summed E-state index contributed by atoms with van der Waals surface area (Å²) in [7, 11) is -3.76. The predicted molar refractivity (Wildman–Crippen MR) is 102 cm³/mol. The molecule has 3 aromatic carbocycles. The number of fused-ring (bicyclic) bond motifs is 1. The van der Waals surface area contributed by atoms with Gasteiger partial charge >= 0.3 is 0 Å². The molecule has 0 unspecified atom stereocenters. The number of oxazole rings is 1. The summed E-state index contributed by atoms with van der Waals surface area (Å²) >= 11 is 5.98. The number of anilines is 1. The zero-order valence-corrected chi connectivity index (χ0v) is 15.0. The third-order valence-electron chi connectivity index (χ3n) is 3.80. The lowest BCUT2D eigenvalue weighted by molar-refractivity contribution is 0.601. The van der Waals surface area contributed by atoms with Crippen LogP contribution in [-0.4, -0.2) is 13.4 Å². The standard InChI is InChI=1S/C19H13ClN2O3S/c20-15-5-1-4-8-18(15)26(23,24)22-14-11-9-13(10-12-14)19-21-16-6-2-3-7-17(16)25-19/h1-12,22H. The van der Waals surface area contributed by atoms with Gasteiger partial charge in [0.2, 0.25) is 5.89 Å². The van der Waals surface area contributed by atoms with Crippen molar-refractivity contribution in [1.29, 1.82) is 0 Å². The normalized spacial score (nSPS) is 11.6. The molecule has 1 heterocycles. The average molecular weight is 385 g/mol. The van der Waals surface area contributed by atoms with E-state index in [0.29, 0.717) is 17.2 Å².